The highest BCUT2D eigenvalue weighted by atomic mass is 32.2. The van der Waals surface area contributed by atoms with E-state index in [0.29, 0.717) is 22.5 Å². The van der Waals surface area contributed by atoms with E-state index in [1.165, 1.54) is 19.2 Å². The van der Waals surface area contributed by atoms with Gasteiger partial charge >= 0.3 is 11.8 Å². The summed E-state index contributed by atoms with van der Waals surface area (Å²) in [6.45, 7) is -0.775. The second kappa shape index (κ2) is 9.92. The normalized spacial score (nSPS) is 12.4. The molecule has 1 aromatic carbocycles. The van der Waals surface area contributed by atoms with Crippen molar-refractivity contribution in [3.63, 3.8) is 0 Å². The SMILES string of the molecule is COCCOc1cc2[nH]c([S+]([O-])Cc3nccc(OC)c3C)nc2cc1OC(F)F. The van der Waals surface area contributed by atoms with Crippen molar-refractivity contribution in [2.75, 3.05) is 27.4 Å². The predicted molar refractivity (Wildman–Crippen MR) is 106 cm³/mol. The summed E-state index contributed by atoms with van der Waals surface area (Å²) >= 11 is -1.55. The van der Waals surface area contributed by atoms with Crippen molar-refractivity contribution in [2.24, 2.45) is 0 Å². The number of benzene rings is 1. The lowest BCUT2D eigenvalue weighted by molar-refractivity contribution is -0.0515. The van der Waals surface area contributed by atoms with Gasteiger partial charge in [0.25, 0.3) is 0 Å². The summed E-state index contributed by atoms with van der Waals surface area (Å²) in [4.78, 5) is 11.5. The van der Waals surface area contributed by atoms with Crippen molar-refractivity contribution in [3.05, 3.63) is 35.7 Å². The van der Waals surface area contributed by atoms with E-state index >= 15 is 0 Å². The van der Waals surface area contributed by atoms with Gasteiger partial charge in [-0.05, 0) is 13.0 Å². The smallest absolute Gasteiger partial charge is 0.387 e. The molecular weight excluding hydrogens is 420 g/mol. The Kier molecular flexibility index (Phi) is 7.29. The van der Waals surface area contributed by atoms with E-state index in [9.17, 15) is 13.3 Å². The van der Waals surface area contributed by atoms with E-state index in [1.54, 1.807) is 19.4 Å². The lowest BCUT2D eigenvalue weighted by Crippen LogP contribution is -2.10. The fourth-order valence-corrected chi connectivity index (χ4v) is 3.86. The summed E-state index contributed by atoms with van der Waals surface area (Å²) in [6, 6.07) is 4.51. The number of halogens is 2. The van der Waals surface area contributed by atoms with Crippen LogP contribution in [0, 0.1) is 6.92 Å². The standard InChI is InChI=1S/C19H21F2N3O5S/c1-11-14(22-5-4-15(11)27-3)10-30(25)19-23-12-8-16(28-7-6-26-2)17(29-18(20)21)9-13(12)24-19/h4-5,8-9,18H,6-7,10H2,1-3H3,(H,23,24). The Balaban J connectivity index is 1.88. The molecule has 0 saturated carbocycles. The van der Waals surface area contributed by atoms with Crippen LogP contribution in [0.2, 0.25) is 0 Å². The molecule has 1 unspecified atom stereocenters. The summed E-state index contributed by atoms with van der Waals surface area (Å²) < 4.78 is 58.5. The van der Waals surface area contributed by atoms with Crippen LogP contribution in [0.25, 0.3) is 11.0 Å². The number of fused-ring (bicyclic) bond motifs is 1. The van der Waals surface area contributed by atoms with Gasteiger partial charge in [-0.15, -0.1) is 0 Å². The van der Waals surface area contributed by atoms with Crippen LogP contribution in [-0.4, -0.2) is 53.5 Å². The van der Waals surface area contributed by atoms with Crippen molar-refractivity contribution in [1.29, 1.82) is 0 Å². The molecule has 30 heavy (non-hydrogen) atoms. The van der Waals surface area contributed by atoms with Gasteiger partial charge in [-0.2, -0.15) is 13.8 Å². The number of aromatic amines is 1. The summed E-state index contributed by atoms with van der Waals surface area (Å²) in [7, 11) is 3.05. The first-order valence-corrected chi connectivity index (χ1v) is 10.2. The van der Waals surface area contributed by atoms with Crippen molar-refractivity contribution >= 4 is 22.2 Å². The first kappa shape index (κ1) is 22.1. The zero-order valence-corrected chi connectivity index (χ0v) is 17.4. The Morgan fingerprint density at radius 2 is 1.97 bits per heavy atom. The number of H-pyrrole nitrogens is 1. The number of nitrogens with zero attached hydrogens (tertiary/aromatic N) is 2. The molecule has 1 N–H and O–H groups in total. The van der Waals surface area contributed by atoms with Crippen molar-refractivity contribution in [3.8, 4) is 17.2 Å². The molecule has 3 rings (SSSR count). The maximum Gasteiger partial charge on any atom is 0.387 e. The molecule has 0 fully saturated rings. The number of ether oxygens (including phenoxy) is 4. The van der Waals surface area contributed by atoms with E-state index in [1.807, 2.05) is 6.92 Å². The molecule has 11 heteroatoms. The lowest BCUT2D eigenvalue weighted by Gasteiger charge is -2.11. The summed E-state index contributed by atoms with van der Waals surface area (Å²) in [5.41, 5.74) is 2.19. The number of imidazole rings is 1. The van der Waals surface area contributed by atoms with E-state index in [0.717, 1.165) is 5.56 Å². The Bertz CT molecular complexity index is 1000. The molecule has 1 atom stereocenters. The summed E-state index contributed by atoms with van der Waals surface area (Å²) in [5, 5.41) is 0.186. The van der Waals surface area contributed by atoms with Crippen LogP contribution < -0.4 is 14.2 Å². The molecule has 162 valence electrons. The molecule has 3 aromatic rings. The highest BCUT2D eigenvalue weighted by Crippen LogP contribution is 2.34. The van der Waals surface area contributed by atoms with Crippen molar-refractivity contribution in [2.45, 2.75) is 24.4 Å². The molecule has 0 aliphatic rings. The second-order valence-corrected chi connectivity index (χ2v) is 7.52. The molecule has 0 bridgehead atoms. The molecule has 2 aromatic heterocycles. The fraction of sp³-hybridized carbons (Fsp3) is 0.368. The summed E-state index contributed by atoms with van der Waals surface area (Å²) in [6.07, 6.45) is 1.58. The van der Waals surface area contributed by atoms with Gasteiger partial charge in [0.05, 0.1) is 30.4 Å². The number of hydrogen-bond donors (Lipinski definition) is 1. The average molecular weight is 441 g/mol. The highest BCUT2D eigenvalue weighted by molar-refractivity contribution is 7.90. The number of alkyl halides is 2. The first-order chi connectivity index (χ1) is 14.4. The quantitative estimate of drug-likeness (QED) is 0.381. The van der Waals surface area contributed by atoms with Gasteiger partial charge in [0.2, 0.25) is 0 Å². The Morgan fingerprint density at radius 3 is 2.67 bits per heavy atom. The van der Waals surface area contributed by atoms with Gasteiger partial charge in [-0.1, -0.05) is 0 Å². The van der Waals surface area contributed by atoms with Crippen LogP contribution in [0.5, 0.6) is 17.2 Å². The lowest BCUT2D eigenvalue weighted by atomic mass is 10.2. The summed E-state index contributed by atoms with van der Waals surface area (Å²) in [5.74, 6) is 0.697. The number of methoxy groups -OCH3 is 2. The van der Waals surface area contributed by atoms with Crippen LogP contribution in [-0.2, 0) is 21.7 Å². The monoisotopic (exact) mass is 441 g/mol. The fourth-order valence-electron chi connectivity index (χ4n) is 2.76. The van der Waals surface area contributed by atoms with Crippen LogP contribution in [0.15, 0.2) is 29.6 Å². The number of nitrogens with one attached hydrogen (secondary N) is 1. The Hall–Kier alpha value is -2.63. The molecule has 0 aliphatic carbocycles. The van der Waals surface area contributed by atoms with E-state index < -0.39 is 17.8 Å². The maximum atomic E-state index is 12.8. The molecule has 8 nitrogen and oxygen atoms in total. The molecule has 0 spiro atoms. The van der Waals surface area contributed by atoms with Gasteiger partial charge in [-0.25, -0.2) is 0 Å². The largest absolute Gasteiger partial charge is 0.609 e. The predicted octanol–water partition coefficient (Wildman–Crippen LogP) is 3.21. The molecular formula is C19H21F2N3O5S. The molecule has 0 amide bonds. The van der Waals surface area contributed by atoms with Crippen molar-refractivity contribution < 1.29 is 32.3 Å². The van der Waals surface area contributed by atoms with Crippen LogP contribution in [0.3, 0.4) is 0 Å². The van der Waals surface area contributed by atoms with Crippen LogP contribution in [0.4, 0.5) is 8.78 Å². The third kappa shape index (κ3) is 5.10. The van der Waals surface area contributed by atoms with E-state index in [4.69, 9.17) is 14.2 Å². The zero-order chi connectivity index (χ0) is 21.7. The van der Waals surface area contributed by atoms with E-state index in [2.05, 4.69) is 19.7 Å². The molecule has 0 saturated heterocycles. The highest BCUT2D eigenvalue weighted by Gasteiger charge is 2.22. The van der Waals surface area contributed by atoms with Gasteiger partial charge in [0.15, 0.2) is 17.3 Å². The minimum absolute atomic E-state index is 0.103. The number of aromatic nitrogens is 3. The second-order valence-electron chi connectivity index (χ2n) is 6.15. The Labute approximate surface area is 174 Å². The van der Waals surface area contributed by atoms with Crippen LogP contribution >= 0.6 is 0 Å². The number of pyridine rings is 1. The molecule has 2 heterocycles. The van der Waals surface area contributed by atoms with Crippen LogP contribution in [0.1, 0.15) is 11.3 Å². The zero-order valence-electron chi connectivity index (χ0n) is 16.6. The minimum atomic E-state index is -3.03. The molecule has 0 aliphatic heterocycles. The van der Waals surface area contributed by atoms with Gasteiger partial charge in [0.1, 0.15) is 12.4 Å². The Morgan fingerprint density at radius 1 is 1.17 bits per heavy atom. The third-order valence-electron chi connectivity index (χ3n) is 4.25. The topological polar surface area (TPSA) is 102 Å². The third-order valence-corrected chi connectivity index (χ3v) is 5.41. The first-order valence-electron chi connectivity index (χ1n) is 8.90. The number of hydrogen-bond acceptors (Lipinski definition) is 7. The maximum absolute atomic E-state index is 12.8. The minimum Gasteiger partial charge on any atom is -0.609 e. The van der Waals surface area contributed by atoms with Crippen molar-refractivity contribution in [1.82, 2.24) is 15.0 Å². The average Bonchev–Trinajstić information content (AvgIpc) is 3.12. The van der Waals surface area contributed by atoms with Gasteiger partial charge < -0.3 is 23.5 Å². The molecule has 0 radical (unpaired) electrons. The number of rotatable bonds is 10. The van der Waals surface area contributed by atoms with Gasteiger partial charge in [0, 0.05) is 42.2 Å². The van der Waals surface area contributed by atoms with E-state index in [-0.39, 0.29) is 35.6 Å². The van der Waals surface area contributed by atoms with Gasteiger partial charge in [-0.3, -0.25) is 9.97 Å².